The van der Waals surface area contributed by atoms with E-state index in [1.165, 1.54) is 0 Å². The Hall–Kier alpha value is -1.18. The molecule has 17 heavy (non-hydrogen) atoms. The van der Waals surface area contributed by atoms with Gasteiger partial charge in [-0.2, -0.15) is 0 Å². The highest BCUT2D eigenvalue weighted by atomic mass is 16.8. The Morgan fingerprint density at radius 3 is 2.82 bits per heavy atom. The van der Waals surface area contributed by atoms with Gasteiger partial charge in [-0.05, 0) is 13.3 Å². The number of hydrogen-bond acceptors (Lipinski definition) is 7. The lowest BCUT2D eigenvalue weighted by Gasteiger charge is -2.24. The van der Waals surface area contributed by atoms with E-state index in [0.29, 0.717) is 19.4 Å². The fourth-order valence-corrected chi connectivity index (χ4v) is 1.42. The maximum Gasteiger partial charge on any atom is 0.337 e. The second kappa shape index (κ2) is 6.53. The van der Waals surface area contributed by atoms with Gasteiger partial charge in [-0.15, -0.1) is 0 Å². The molecule has 0 spiro atoms. The molecule has 1 aliphatic heterocycles. The highest BCUT2D eigenvalue weighted by Gasteiger charge is 2.32. The second-order valence-corrected chi connectivity index (χ2v) is 3.52. The average molecular weight is 247 g/mol. The Morgan fingerprint density at radius 1 is 1.65 bits per heavy atom. The van der Waals surface area contributed by atoms with E-state index in [1.807, 2.05) is 6.92 Å². The molecule has 7 nitrogen and oxygen atoms in total. The van der Waals surface area contributed by atoms with Gasteiger partial charge in [0.05, 0.1) is 12.8 Å². The summed E-state index contributed by atoms with van der Waals surface area (Å²) in [7, 11) is 1.13. The molecule has 0 fully saturated rings. The molecule has 0 aromatic heterocycles. The van der Waals surface area contributed by atoms with Crippen molar-refractivity contribution in [2.24, 2.45) is 5.16 Å². The van der Waals surface area contributed by atoms with Crippen LogP contribution in [-0.4, -0.2) is 54.1 Å². The van der Waals surface area contributed by atoms with Crippen LogP contribution in [0.4, 0.5) is 0 Å². The molecule has 2 N–H and O–H groups in total. The number of ether oxygens (including phenoxy) is 2. The zero-order valence-corrected chi connectivity index (χ0v) is 9.83. The third kappa shape index (κ3) is 3.65. The molecular formula is C10H17NO6. The predicted molar refractivity (Wildman–Crippen MR) is 57.2 cm³/mol. The number of aliphatic hydroxyl groups excluding tert-OH is 2. The van der Waals surface area contributed by atoms with E-state index in [-0.39, 0.29) is 5.71 Å². The third-order valence-electron chi connectivity index (χ3n) is 2.36. The molecular weight excluding hydrogens is 230 g/mol. The first-order valence-electron chi connectivity index (χ1n) is 5.38. The van der Waals surface area contributed by atoms with Crippen molar-refractivity contribution in [3.8, 4) is 0 Å². The first kappa shape index (κ1) is 13.9. The van der Waals surface area contributed by atoms with Crippen LogP contribution < -0.4 is 0 Å². The Morgan fingerprint density at radius 2 is 2.35 bits per heavy atom. The van der Waals surface area contributed by atoms with Gasteiger partial charge in [-0.25, -0.2) is 4.79 Å². The van der Waals surface area contributed by atoms with E-state index >= 15 is 0 Å². The summed E-state index contributed by atoms with van der Waals surface area (Å²) >= 11 is 0. The molecule has 1 rings (SSSR count). The van der Waals surface area contributed by atoms with E-state index in [4.69, 9.17) is 9.57 Å². The largest absolute Gasteiger partial charge is 0.467 e. The molecule has 1 heterocycles. The van der Waals surface area contributed by atoms with Gasteiger partial charge in [-0.3, -0.25) is 0 Å². The number of esters is 1. The van der Waals surface area contributed by atoms with Crippen LogP contribution in [-0.2, 0) is 19.1 Å². The first-order valence-corrected chi connectivity index (χ1v) is 5.38. The molecule has 1 unspecified atom stereocenters. The Balaban J connectivity index is 2.54. The van der Waals surface area contributed by atoms with Crippen LogP contribution in [0, 0.1) is 0 Å². The summed E-state index contributed by atoms with van der Waals surface area (Å²) in [6.07, 6.45) is -2.60. The second-order valence-electron chi connectivity index (χ2n) is 3.52. The quantitative estimate of drug-likeness (QED) is 0.630. The van der Waals surface area contributed by atoms with Crippen LogP contribution in [0.2, 0.25) is 0 Å². The Kier molecular flexibility index (Phi) is 5.33. The van der Waals surface area contributed by atoms with E-state index < -0.39 is 24.5 Å². The number of carbonyl (C=O) groups excluding carboxylic acids is 1. The number of carbonyl (C=O) groups is 1. The van der Waals surface area contributed by atoms with Gasteiger partial charge in [0, 0.05) is 13.0 Å². The topological polar surface area (TPSA) is 97.6 Å². The molecule has 0 amide bonds. The predicted octanol–water partition coefficient (Wildman–Crippen LogP) is -0.590. The van der Waals surface area contributed by atoms with Crippen molar-refractivity contribution in [2.45, 2.75) is 38.3 Å². The maximum atomic E-state index is 11.0. The van der Waals surface area contributed by atoms with Crippen LogP contribution in [0.1, 0.15) is 19.8 Å². The maximum absolute atomic E-state index is 11.0. The van der Waals surface area contributed by atoms with Crippen LogP contribution in [0.3, 0.4) is 0 Å². The summed E-state index contributed by atoms with van der Waals surface area (Å²) in [6.45, 7) is 2.33. The van der Waals surface area contributed by atoms with E-state index in [9.17, 15) is 15.0 Å². The minimum Gasteiger partial charge on any atom is -0.467 e. The minimum absolute atomic E-state index is 0.207. The Bertz CT molecular complexity index is 293. The molecule has 0 bridgehead atoms. The fourth-order valence-electron chi connectivity index (χ4n) is 1.42. The van der Waals surface area contributed by atoms with Gasteiger partial charge in [0.25, 0.3) is 0 Å². The molecule has 1 aliphatic rings. The van der Waals surface area contributed by atoms with E-state index in [1.54, 1.807) is 0 Å². The van der Waals surface area contributed by atoms with Crippen molar-refractivity contribution in [2.75, 3.05) is 13.7 Å². The summed E-state index contributed by atoms with van der Waals surface area (Å²) in [6, 6.07) is 0. The van der Waals surface area contributed by atoms with Gasteiger partial charge in [0.2, 0.25) is 6.29 Å². The molecule has 0 aromatic rings. The number of rotatable bonds is 5. The lowest BCUT2D eigenvalue weighted by atomic mass is 10.0. The van der Waals surface area contributed by atoms with Gasteiger partial charge >= 0.3 is 5.97 Å². The summed E-state index contributed by atoms with van der Waals surface area (Å²) < 4.78 is 9.49. The van der Waals surface area contributed by atoms with Gasteiger partial charge < -0.3 is 24.5 Å². The molecule has 0 radical (unpaired) electrons. The molecule has 0 saturated carbocycles. The molecule has 98 valence electrons. The number of aliphatic hydroxyl groups is 2. The highest BCUT2D eigenvalue weighted by molar-refractivity contribution is 5.93. The van der Waals surface area contributed by atoms with Crippen molar-refractivity contribution in [1.29, 1.82) is 0 Å². The molecule has 0 aliphatic carbocycles. The third-order valence-corrected chi connectivity index (χ3v) is 2.36. The minimum atomic E-state index is -1.65. The fraction of sp³-hybridized carbons (Fsp3) is 0.800. The van der Waals surface area contributed by atoms with Crippen molar-refractivity contribution < 1.29 is 29.3 Å². The average Bonchev–Trinajstić information content (AvgIpc) is 2.37. The normalized spacial score (nSPS) is 23.3. The smallest absolute Gasteiger partial charge is 0.337 e. The lowest BCUT2D eigenvalue weighted by molar-refractivity contribution is -0.156. The lowest BCUT2D eigenvalue weighted by Crippen LogP contribution is -2.42. The Labute approximate surface area is 99.0 Å². The van der Waals surface area contributed by atoms with Crippen LogP contribution in [0.25, 0.3) is 0 Å². The summed E-state index contributed by atoms with van der Waals surface area (Å²) in [5.41, 5.74) is 0.207. The van der Waals surface area contributed by atoms with Crippen molar-refractivity contribution >= 4 is 11.7 Å². The van der Waals surface area contributed by atoms with Gasteiger partial charge in [0.15, 0.2) is 6.10 Å². The van der Waals surface area contributed by atoms with Crippen molar-refractivity contribution in [3.05, 3.63) is 0 Å². The number of hydrogen-bond donors (Lipinski definition) is 2. The summed E-state index contributed by atoms with van der Waals surface area (Å²) in [5.74, 6) is -0.910. The first-order chi connectivity index (χ1) is 8.10. The molecule has 0 saturated heterocycles. The SMILES string of the molecule is CCOC1CCC([C@@H](O)[C@H](O)C(=O)OC)=NO1. The number of nitrogens with zero attached hydrogens (tertiary/aromatic N) is 1. The van der Waals surface area contributed by atoms with Crippen LogP contribution in [0.5, 0.6) is 0 Å². The van der Waals surface area contributed by atoms with Crippen LogP contribution >= 0.6 is 0 Å². The zero-order valence-electron chi connectivity index (χ0n) is 9.83. The molecule has 3 atom stereocenters. The standard InChI is InChI=1S/C10H17NO6/c1-3-16-7-5-4-6(11-17-7)8(12)9(13)10(14)15-2/h7-9,12-13H,3-5H2,1-2H3/t7?,8-,9+/m1/s1. The molecule has 7 heteroatoms. The van der Waals surface area contributed by atoms with Crippen molar-refractivity contribution in [3.63, 3.8) is 0 Å². The van der Waals surface area contributed by atoms with Crippen LogP contribution in [0.15, 0.2) is 5.16 Å². The zero-order chi connectivity index (χ0) is 12.8. The number of oxime groups is 1. The summed E-state index contributed by atoms with van der Waals surface area (Å²) in [5, 5.41) is 22.7. The van der Waals surface area contributed by atoms with Crippen molar-refractivity contribution in [1.82, 2.24) is 0 Å². The monoisotopic (exact) mass is 247 g/mol. The van der Waals surface area contributed by atoms with E-state index in [0.717, 1.165) is 7.11 Å². The van der Waals surface area contributed by atoms with Gasteiger partial charge in [0.1, 0.15) is 6.10 Å². The highest BCUT2D eigenvalue weighted by Crippen LogP contribution is 2.16. The number of methoxy groups -OCH3 is 1. The molecule has 0 aromatic carbocycles. The van der Waals surface area contributed by atoms with E-state index in [2.05, 4.69) is 9.89 Å². The summed E-state index contributed by atoms with van der Waals surface area (Å²) in [4.78, 5) is 16.0. The van der Waals surface area contributed by atoms with Gasteiger partial charge in [-0.1, -0.05) is 5.16 Å².